The minimum atomic E-state index is -0.455. The largest absolute Gasteiger partial charge is 0.618 e. The highest BCUT2D eigenvalue weighted by atomic mass is 16.5. The Kier molecular flexibility index (Phi) is 8.88. The average Bonchev–Trinajstić information content (AvgIpc) is 2.74. The first-order chi connectivity index (χ1) is 14.1. The highest BCUT2D eigenvalue weighted by Gasteiger charge is 2.06. The van der Waals surface area contributed by atoms with Gasteiger partial charge in [-0.15, -0.1) is 0 Å². The third-order valence-electron chi connectivity index (χ3n) is 3.94. The Morgan fingerprint density at radius 1 is 0.690 bits per heavy atom. The number of amides is 2. The van der Waals surface area contributed by atoms with E-state index in [1.54, 1.807) is 60.7 Å². The summed E-state index contributed by atoms with van der Waals surface area (Å²) in [5, 5.41) is 28.9. The van der Waals surface area contributed by atoms with Crippen molar-refractivity contribution >= 4 is 35.6 Å². The molecule has 2 N–H and O–H groups in total. The Morgan fingerprint density at radius 2 is 1.07 bits per heavy atom. The van der Waals surface area contributed by atoms with Crippen LogP contribution in [0.25, 0.3) is 0 Å². The fraction of sp³-hybridized carbons (Fsp3) is 0.238. The Labute approximate surface area is 169 Å². The number of benzene rings is 2. The fourth-order valence-electron chi connectivity index (χ4n) is 2.45. The zero-order valence-corrected chi connectivity index (χ0v) is 16.0. The van der Waals surface area contributed by atoms with Crippen LogP contribution >= 0.6 is 0 Å². The van der Waals surface area contributed by atoms with Gasteiger partial charge in [-0.25, -0.2) is 0 Å². The maximum absolute atomic E-state index is 11.8. The number of rotatable bonds is 10. The second-order valence-electron chi connectivity index (χ2n) is 6.22. The smallest absolute Gasteiger partial charge is 0.309 e. The molecule has 8 nitrogen and oxygen atoms in total. The predicted octanol–water partition coefficient (Wildman–Crippen LogP) is 2.21. The van der Waals surface area contributed by atoms with E-state index in [4.69, 9.17) is 0 Å². The minimum Gasteiger partial charge on any atom is -0.618 e. The van der Waals surface area contributed by atoms with Gasteiger partial charge in [-0.05, 0) is 19.3 Å². The van der Waals surface area contributed by atoms with Gasteiger partial charge in [0.1, 0.15) is 0 Å². The van der Waals surface area contributed by atoms with E-state index < -0.39 is 11.8 Å². The van der Waals surface area contributed by atoms with Crippen LogP contribution in [0.5, 0.6) is 0 Å². The first kappa shape index (κ1) is 21.6. The predicted molar refractivity (Wildman–Crippen MR) is 111 cm³/mol. The molecule has 152 valence electrons. The minimum absolute atomic E-state index is 0.388. The van der Waals surface area contributed by atoms with Crippen molar-refractivity contribution in [2.45, 2.75) is 19.3 Å². The molecule has 2 amide bonds. The summed E-state index contributed by atoms with van der Waals surface area (Å²) in [6.07, 6.45) is 4.13. The normalized spacial score (nSPS) is 11.7. The summed E-state index contributed by atoms with van der Waals surface area (Å²) >= 11 is 0. The molecular formula is C21H24N4O4. The molecule has 0 radical (unpaired) electrons. The second-order valence-corrected chi connectivity index (χ2v) is 6.22. The first-order valence-corrected chi connectivity index (χ1v) is 9.34. The summed E-state index contributed by atoms with van der Waals surface area (Å²) < 4.78 is 1.05. The average molecular weight is 396 g/mol. The Morgan fingerprint density at radius 3 is 1.45 bits per heavy atom. The topological polar surface area (TPSA) is 110 Å². The summed E-state index contributed by atoms with van der Waals surface area (Å²) in [6.45, 7) is 0.862. The van der Waals surface area contributed by atoms with Crippen LogP contribution in [0.15, 0.2) is 60.7 Å². The first-order valence-electron chi connectivity index (χ1n) is 9.34. The lowest BCUT2D eigenvalue weighted by Crippen LogP contribution is -2.29. The lowest BCUT2D eigenvalue weighted by Gasteiger charge is -2.05. The van der Waals surface area contributed by atoms with Crippen LogP contribution in [0, 0.1) is 10.4 Å². The monoisotopic (exact) mass is 396 g/mol. The molecule has 0 saturated carbocycles. The zero-order valence-electron chi connectivity index (χ0n) is 16.0. The maximum Gasteiger partial charge on any atom is 0.309 e. The molecule has 0 saturated heterocycles. The maximum atomic E-state index is 11.8. The molecule has 0 aromatic heterocycles. The molecule has 0 spiro atoms. The van der Waals surface area contributed by atoms with Crippen LogP contribution in [0.4, 0.5) is 11.4 Å². The number of para-hydroxylation sites is 2. The number of nitrogens with one attached hydrogen (secondary N) is 2. The van der Waals surface area contributed by atoms with Gasteiger partial charge < -0.3 is 21.0 Å². The van der Waals surface area contributed by atoms with Crippen molar-refractivity contribution in [3.05, 3.63) is 71.1 Å². The Bertz CT molecular complexity index is 780. The van der Waals surface area contributed by atoms with E-state index >= 15 is 0 Å². The molecule has 2 aromatic rings. The molecule has 0 aliphatic heterocycles. The van der Waals surface area contributed by atoms with Crippen LogP contribution in [-0.4, -0.2) is 46.8 Å². The van der Waals surface area contributed by atoms with Crippen LogP contribution in [0.3, 0.4) is 0 Å². The third-order valence-corrected chi connectivity index (χ3v) is 3.94. The van der Waals surface area contributed by atoms with E-state index in [2.05, 4.69) is 10.6 Å². The lowest BCUT2D eigenvalue weighted by atomic mass is 10.2. The summed E-state index contributed by atoms with van der Waals surface area (Å²) in [6, 6.07) is 16.9. The summed E-state index contributed by atoms with van der Waals surface area (Å²) in [5.41, 5.74) is 0.776. The van der Waals surface area contributed by atoms with Gasteiger partial charge >= 0.3 is 11.8 Å². The van der Waals surface area contributed by atoms with Crippen LogP contribution in [0.1, 0.15) is 19.3 Å². The van der Waals surface area contributed by atoms with E-state index in [0.717, 1.165) is 18.9 Å². The van der Waals surface area contributed by atoms with Gasteiger partial charge in [0.2, 0.25) is 23.8 Å². The quantitative estimate of drug-likeness (QED) is 0.211. The molecule has 0 aliphatic carbocycles. The van der Waals surface area contributed by atoms with E-state index in [1.807, 2.05) is 0 Å². The number of unbranched alkanes of at least 4 members (excludes halogenated alkanes) is 2. The Balaban J connectivity index is 1.58. The van der Waals surface area contributed by atoms with Crippen LogP contribution < -0.4 is 10.6 Å². The number of hydrogen-bond donors (Lipinski definition) is 2. The molecule has 29 heavy (non-hydrogen) atoms. The molecule has 8 heteroatoms. The van der Waals surface area contributed by atoms with Crippen molar-refractivity contribution in [3.8, 4) is 0 Å². The van der Waals surface area contributed by atoms with Gasteiger partial charge in [0, 0.05) is 37.4 Å². The van der Waals surface area contributed by atoms with E-state index in [-0.39, 0.29) is 0 Å². The summed E-state index contributed by atoms with van der Waals surface area (Å²) in [5.74, 6) is -0.911. The SMILES string of the molecule is O=C(/C=[N+](\[O-])c1ccccc1)NCCCCCNC(=O)/C=[N+](\[O-])c1ccccc1. The molecule has 0 heterocycles. The fourth-order valence-corrected chi connectivity index (χ4v) is 2.45. The molecule has 0 aliphatic rings. The summed E-state index contributed by atoms with van der Waals surface area (Å²) in [7, 11) is 0. The molecular weight excluding hydrogens is 372 g/mol. The van der Waals surface area contributed by atoms with Crippen molar-refractivity contribution in [1.82, 2.24) is 10.6 Å². The van der Waals surface area contributed by atoms with Crippen molar-refractivity contribution in [1.29, 1.82) is 0 Å². The zero-order chi connectivity index (χ0) is 20.9. The van der Waals surface area contributed by atoms with Crippen LogP contribution in [0.2, 0.25) is 0 Å². The van der Waals surface area contributed by atoms with E-state index in [9.17, 15) is 20.0 Å². The number of nitrogens with zero attached hydrogens (tertiary/aromatic N) is 2. The molecule has 0 bridgehead atoms. The number of carbonyl (C=O) groups is 2. The number of hydrogen-bond acceptors (Lipinski definition) is 4. The standard InChI is InChI=1S/C21H24N4O4/c26-20(16-24(28)18-10-4-1-5-11-18)22-14-8-3-9-15-23-21(27)17-25(29)19-12-6-2-7-13-19/h1-2,4-7,10-13,16-17H,3,8-9,14-15H2,(H,22,26)(H,23,27)/b24-16-,25-17-. The van der Waals surface area contributed by atoms with Gasteiger partial charge in [0.15, 0.2) is 0 Å². The molecule has 2 aromatic carbocycles. The van der Waals surface area contributed by atoms with Gasteiger partial charge in [-0.3, -0.25) is 9.59 Å². The van der Waals surface area contributed by atoms with Crippen molar-refractivity contribution in [3.63, 3.8) is 0 Å². The van der Waals surface area contributed by atoms with Gasteiger partial charge in [0.05, 0.1) is 0 Å². The molecule has 0 atom stereocenters. The lowest BCUT2D eigenvalue weighted by molar-refractivity contribution is -0.354. The van der Waals surface area contributed by atoms with Crippen molar-refractivity contribution in [2.75, 3.05) is 13.1 Å². The highest BCUT2D eigenvalue weighted by Crippen LogP contribution is 2.08. The molecule has 2 rings (SSSR count). The van der Waals surface area contributed by atoms with E-state index in [0.29, 0.717) is 46.8 Å². The van der Waals surface area contributed by atoms with Gasteiger partial charge in [-0.1, -0.05) is 36.4 Å². The van der Waals surface area contributed by atoms with Crippen LogP contribution in [-0.2, 0) is 9.59 Å². The molecule has 0 unspecified atom stereocenters. The van der Waals surface area contributed by atoms with Crippen molar-refractivity contribution < 1.29 is 19.1 Å². The van der Waals surface area contributed by atoms with Gasteiger partial charge in [-0.2, -0.15) is 9.48 Å². The summed E-state index contributed by atoms with van der Waals surface area (Å²) in [4.78, 5) is 23.4. The van der Waals surface area contributed by atoms with Crippen molar-refractivity contribution in [2.24, 2.45) is 0 Å². The Hall–Kier alpha value is -3.68. The molecule has 0 fully saturated rings. The third kappa shape index (κ3) is 8.25. The van der Waals surface area contributed by atoms with Gasteiger partial charge in [0.25, 0.3) is 0 Å². The second kappa shape index (κ2) is 11.9. The van der Waals surface area contributed by atoms with E-state index in [1.165, 1.54) is 0 Å². The highest BCUT2D eigenvalue weighted by molar-refractivity contribution is 6.24. The number of carbonyl (C=O) groups excluding carboxylic acids is 2.